The first kappa shape index (κ1) is 24.2. The minimum Gasteiger partial charge on any atom is -0.326 e. The van der Waals surface area contributed by atoms with Crippen molar-refractivity contribution in [3.05, 3.63) is 59.7 Å². The van der Waals surface area contributed by atoms with Crippen molar-refractivity contribution in [2.24, 2.45) is 0 Å². The number of rotatable bonds is 7. The van der Waals surface area contributed by atoms with Crippen molar-refractivity contribution in [1.82, 2.24) is 34.3 Å². The fourth-order valence-corrected chi connectivity index (χ4v) is 4.65. The van der Waals surface area contributed by atoms with Gasteiger partial charge in [0.15, 0.2) is 11.6 Å². The number of nitrogens with one attached hydrogen (secondary N) is 1. The molecule has 1 N–H and O–H groups in total. The predicted molar refractivity (Wildman–Crippen MR) is 136 cm³/mol. The maximum atomic E-state index is 14.9. The van der Waals surface area contributed by atoms with Crippen LogP contribution in [-0.4, -0.2) is 67.5 Å². The molecule has 0 saturated carbocycles. The normalized spacial score (nSPS) is 14.7. The topological polar surface area (TPSA) is 75.0 Å². The second kappa shape index (κ2) is 9.51. The van der Waals surface area contributed by atoms with Gasteiger partial charge in [0, 0.05) is 43.5 Å². The van der Waals surface area contributed by atoms with Crippen molar-refractivity contribution in [3.8, 4) is 11.3 Å². The Morgan fingerprint density at radius 1 is 1.06 bits per heavy atom. The molecule has 5 rings (SSSR count). The van der Waals surface area contributed by atoms with Crippen LogP contribution in [-0.2, 0) is 6.54 Å². The molecule has 0 atom stereocenters. The van der Waals surface area contributed by atoms with Crippen LogP contribution in [0.25, 0.3) is 22.3 Å². The number of aryl methyl sites for hydroxylation is 1. The Bertz CT molecular complexity index is 1390. The number of hydrogen-bond donors (Lipinski definition) is 1. The third-order valence-corrected chi connectivity index (χ3v) is 6.60. The van der Waals surface area contributed by atoms with Crippen LogP contribution in [0.1, 0.15) is 31.3 Å². The van der Waals surface area contributed by atoms with Gasteiger partial charge >= 0.3 is 0 Å². The number of likely N-dealkylation sites (N-methyl/N-ethyl adjacent to an activating group) is 1. The van der Waals surface area contributed by atoms with Crippen LogP contribution in [0.4, 0.5) is 20.5 Å². The number of fused-ring (bicyclic) bond motifs is 1. The smallest absolute Gasteiger partial charge is 0.229 e. The van der Waals surface area contributed by atoms with Gasteiger partial charge in [0.25, 0.3) is 0 Å². The number of halogens is 2. The highest BCUT2D eigenvalue weighted by molar-refractivity contribution is 5.83. The molecular weight excluding hydrogens is 462 g/mol. The van der Waals surface area contributed by atoms with Gasteiger partial charge in [0.1, 0.15) is 22.9 Å². The zero-order valence-electron chi connectivity index (χ0n) is 21.1. The van der Waals surface area contributed by atoms with Gasteiger partial charge in [0.05, 0.1) is 11.7 Å². The van der Waals surface area contributed by atoms with E-state index in [2.05, 4.69) is 49.1 Å². The second-order valence-electron chi connectivity index (χ2n) is 9.83. The van der Waals surface area contributed by atoms with E-state index in [0.29, 0.717) is 28.8 Å². The molecule has 0 unspecified atom stereocenters. The van der Waals surface area contributed by atoms with Crippen molar-refractivity contribution in [2.45, 2.75) is 39.4 Å². The van der Waals surface area contributed by atoms with Crippen molar-refractivity contribution >= 4 is 22.8 Å². The summed E-state index contributed by atoms with van der Waals surface area (Å²) in [5.74, 6) is 0.260. The summed E-state index contributed by atoms with van der Waals surface area (Å²) in [5, 5.41) is 3.03. The fraction of sp³-hybridized carbons (Fsp3) is 0.385. The van der Waals surface area contributed by atoms with Gasteiger partial charge in [-0.1, -0.05) is 6.07 Å². The van der Waals surface area contributed by atoms with E-state index in [9.17, 15) is 8.78 Å². The number of benzene rings is 1. The van der Waals surface area contributed by atoms with E-state index in [4.69, 9.17) is 0 Å². The average molecular weight is 493 g/mol. The van der Waals surface area contributed by atoms with E-state index < -0.39 is 11.6 Å². The van der Waals surface area contributed by atoms with E-state index in [-0.39, 0.29) is 23.2 Å². The molecule has 1 aromatic carbocycles. The first-order valence-corrected chi connectivity index (χ1v) is 12.0. The molecule has 4 heterocycles. The average Bonchev–Trinajstić information content (AvgIpc) is 3.14. The van der Waals surface area contributed by atoms with E-state index >= 15 is 0 Å². The number of nitrogens with zero attached hydrogens (tertiary/aromatic N) is 7. The predicted octanol–water partition coefficient (Wildman–Crippen LogP) is 4.55. The summed E-state index contributed by atoms with van der Waals surface area (Å²) in [6, 6.07) is 7.51. The van der Waals surface area contributed by atoms with Crippen molar-refractivity contribution in [3.63, 3.8) is 0 Å². The quantitative estimate of drug-likeness (QED) is 0.406. The summed E-state index contributed by atoms with van der Waals surface area (Å²) in [6.07, 6.45) is 2.89. The Morgan fingerprint density at radius 3 is 2.50 bits per heavy atom. The van der Waals surface area contributed by atoms with Crippen LogP contribution in [0.15, 0.2) is 36.7 Å². The third-order valence-electron chi connectivity index (χ3n) is 6.60. The highest BCUT2D eigenvalue weighted by atomic mass is 19.1. The Kier molecular flexibility index (Phi) is 6.40. The summed E-state index contributed by atoms with van der Waals surface area (Å²) in [7, 11) is 4.20. The molecule has 0 spiro atoms. The first-order chi connectivity index (χ1) is 17.2. The lowest BCUT2D eigenvalue weighted by atomic mass is 10.1. The van der Waals surface area contributed by atoms with Crippen molar-refractivity contribution in [2.75, 3.05) is 32.5 Å². The van der Waals surface area contributed by atoms with Gasteiger partial charge in [-0.15, -0.1) is 0 Å². The molecule has 3 aromatic heterocycles. The molecule has 36 heavy (non-hydrogen) atoms. The largest absolute Gasteiger partial charge is 0.326 e. The number of anilines is 2. The first-order valence-electron chi connectivity index (χ1n) is 12.0. The molecular formula is C26H30F2N8. The van der Waals surface area contributed by atoms with Gasteiger partial charge in [0.2, 0.25) is 5.95 Å². The molecule has 8 nitrogen and oxygen atoms in total. The zero-order valence-corrected chi connectivity index (χ0v) is 21.1. The molecule has 0 bridgehead atoms. The van der Waals surface area contributed by atoms with Gasteiger partial charge in [-0.05, 0) is 58.6 Å². The summed E-state index contributed by atoms with van der Waals surface area (Å²) < 4.78 is 31.6. The lowest BCUT2D eigenvalue weighted by Crippen LogP contribution is -2.56. The van der Waals surface area contributed by atoms with Crippen LogP contribution < -0.4 is 5.32 Å². The summed E-state index contributed by atoms with van der Waals surface area (Å²) in [6.45, 7) is 8.75. The maximum Gasteiger partial charge on any atom is 0.229 e. The third kappa shape index (κ3) is 4.66. The van der Waals surface area contributed by atoms with E-state index in [1.54, 1.807) is 6.07 Å². The number of aromatic nitrogens is 5. The molecule has 10 heteroatoms. The minimum absolute atomic E-state index is 0.00677. The molecule has 0 aliphatic carbocycles. The summed E-state index contributed by atoms with van der Waals surface area (Å²) in [5.41, 5.74) is 2.30. The number of imidazole rings is 1. The summed E-state index contributed by atoms with van der Waals surface area (Å²) in [4.78, 5) is 21.8. The SMILES string of the molecule is Cc1nc2c(F)cc(-c3nc(Nc4ccc(CN5CC(N(C)C)C5)cn4)ncc3F)cc2n1C(C)C. The number of pyridine rings is 1. The molecule has 1 fully saturated rings. The molecule has 0 amide bonds. The van der Waals surface area contributed by atoms with E-state index in [1.807, 2.05) is 43.7 Å². The summed E-state index contributed by atoms with van der Waals surface area (Å²) >= 11 is 0. The molecule has 0 radical (unpaired) electrons. The van der Waals surface area contributed by atoms with Crippen LogP contribution in [0.3, 0.4) is 0 Å². The molecule has 4 aromatic rings. The molecule has 1 aliphatic rings. The monoisotopic (exact) mass is 492 g/mol. The Balaban J connectivity index is 1.36. The van der Waals surface area contributed by atoms with Crippen LogP contribution in [0, 0.1) is 18.6 Å². The standard InChI is InChI=1S/C26H30F2N8/c1-15(2)36-16(3)31-25-20(27)8-18(9-22(25)36)24-21(28)11-30-26(33-24)32-23-7-6-17(10-29-23)12-35-13-19(14-35)34(4)5/h6-11,15,19H,12-14H2,1-5H3,(H,29,30,32,33). The maximum absolute atomic E-state index is 14.9. The highest BCUT2D eigenvalue weighted by Gasteiger charge is 2.27. The fourth-order valence-electron chi connectivity index (χ4n) is 4.65. The van der Waals surface area contributed by atoms with Crippen molar-refractivity contribution in [1.29, 1.82) is 0 Å². The molecule has 1 aliphatic heterocycles. The van der Waals surface area contributed by atoms with Gasteiger partial charge in [-0.3, -0.25) is 4.90 Å². The van der Waals surface area contributed by atoms with E-state index in [0.717, 1.165) is 31.4 Å². The van der Waals surface area contributed by atoms with Gasteiger partial charge in [-0.25, -0.2) is 28.7 Å². The Hall–Kier alpha value is -3.50. The van der Waals surface area contributed by atoms with Crippen LogP contribution >= 0.6 is 0 Å². The minimum atomic E-state index is -0.638. The Labute approximate surface area is 209 Å². The zero-order chi connectivity index (χ0) is 25.6. The van der Waals surface area contributed by atoms with Gasteiger partial charge in [-0.2, -0.15) is 0 Å². The van der Waals surface area contributed by atoms with E-state index in [1.165, 1.54) is 6.07 Å². The second-order valence-corrected chi connectivity index (χ2v) is 9.83. The van der Waals surface area contributed by atoms with Crippen LogP contribution in [0.5, 0.6) is 0 Å². The number of likely N-dealkylation sites (tertiary alicyclic amines) is 1. The molecule has 1 saturated heterocycles. The Morgan fingerprint density at radius 2 is 1.83 bits per heavy atom. The molecule has 188 valence electrons. The lowest BCUT2D eigenvalue weighted by Gasteiger charge is -2.42. The van der Waals surface area contributed by atoms with Crippen LogP contribution in [0.2, 0.25) is 0 Å². The highest BCUT2D eigenvalue weighted by Crippen LogP contribution is 2.30. The number of hydrogen-bond acceptors (Lipinski definition) is 7. The van der Waals surface area contributed by atoms with Crippen molar-refractivity contribution < 1.29 is 8.78 Å². The van der Waals surface area contributed by atoms with Gasteiger partial charge < -0.3 is 14.8 Å². The lowest BCUT2D eigenvalue weighted by molar-refractivity contribution is 0.0573.